The number of aryl methyl sites for hydroxylation is 2. The normalized spacial score (nSPS) is 12.3. The van der Waals surface area contributed by atoms with Crippen LogP contribution in [0.1, 0.15) is 36.6 Å². The molecule has 0 saturated carbocycles. The van der Waals surface area contributed by atoms with Crippen LogP contribution in [0.2, 0.25) is 0 Å². The first-order valence-corrected chi connectivity index (χ1v) is 9.37. The van der Waals surface area contributed by atoms with Gasteiger partial charge in [-0.05, 0) is 45.4 Å². The van der Waals surface area contributed by atoms with Gasteiger partial charge >= 0.3 is 12.2 Å². The summed E-state index contributed by atoms with van der Waals surface area (Å²) in [7, 11) is -4.34. The standard InChI is InChI=1S/C16H19F3N4O3S/c1-9(2)23-6-5-13(21-23)27(25,26)22-15(24)20-14-11(4)7-10(3)8-12(14)16(17,18)19/h5-9H,1-4H3,(H2,20,22,24). The largest absolute Gasteiger partial charge is 0.418 e. The minimum atomic E-state index is -4.71. The Morgan fingerprint density at radius 3 is 2.37 bits per heavy atom. The molecule has 1 aromatic carbocycles. The van der Waals surface area contributed by atoms with Gasteiger partial charge in [0.15, 0.2) is 5.03 Å². The molecule has 0 aliphatic heterocycles. The predicted molar refractivity (Wildman–Crippen MR) is 92.9 cm³/mol. The zero-order valence-corrected chi connectivity index (χ0v) is 15.9. The zero-order chi connectivity index (χ0) is 20.6. The summed E-state index contributed by atoms with van der Waals surface area (Å²) >= 11 is 0. The second kappa shape index (κ2) is 7.22. The number of carbonyl (C=O) groups excluding carboxylic acids is 1. The number of nitrogens with one attached hydrogen (secondary N) is 2. The first kappa shape index (κ1) is 20.7. The molecule has 7 nitrogen and oxygen atoms in total. The number of hydrogen-bond donors (Lipinski definition) is 2. The van der Waals surface area contributed by atoms with Gasteiger partial charge in [0.05, 0.1) is 11.3 Å². The van der Waals surface area contributed by atoms with Crippen LogP contribution in [0.15, 0.2) is 29.4 Å². The average Bonchev–Trinajstić information content (AvgIpc) is 2.99. The van der Waals surface area contributed by atoms with Crippen LogP contribution in [0.25, 0.3) is 0 Å². The maximum atomic E-state index is 13.2. The van der Waals surface area contributed by atoms with E-state index in [2.05, 4.69) is 5.10 Å². The second-order valence-corrected chi connectivity index (χ2v) is 7.92. The molecule has 2 amide bonds. The van der Waals surface area contributed by atoms with Crippen molar-refractivity contribution in [2.24, 2.45) is 0 Å². The quantitative estimate of drug-likeness (QED) is 0.814. The van der Waals surface area contributed by atoms with Crippen molar-refractivity contribution in [1.82, 2.24) is 14.5 Å². The molecular weight excluding hydrogens is 385 g/mol. The molecule has 148 valence electrons. The lowest BCUT2D eigenvalue weighted by Gasteiger charge is -2.17. The highest BCUT2D eigenvalue weighted by Crippen LogP contribution is 2.37. The minimum absolute atomic E-state index is 0.104. The highest BCUT2D eigenvalue weighted by Gasteiger charge is 2.35. The van der Waals surface area contributed by atoms with Crippen molar-refractivity contribution < 1.29 is 26.4 Å². The van der Waals surface area contributed by atoms with Gasteiger partial charge in [-0.15, -0.1) is 0 Å². The third-order valence-corrected chi connectivity index (χ3v) is 4.86. The van der Waals surface area contributed by atoms with Crippen molar-refractivity contribution in [3.05, 3.63) is 41.1 Å². The molecule has 0 saturated heterocycles. The van der Waals surface area contributed by atoms with Gasteiger partial charge in [-0.1, -0.05) is 11.6 Å². The third kappa shape index (κ3) is 4.79. The highest BCUT2D eigenvalue weighted by atomic mass is 32.2. The van der Waals surface area contributed by atoms with Crippen molar-refractivity contribution in [1.29, 1.82) is 0 Å². The monoisotopic (exact) mass is 404 g/mol. The van der Waals surface area contributed by atoms with Crippen molar-refractivity contribution in [3.8, 4) is 0 Å². The van der Waals surface area contributed by atoms with E-state index in [9.17, 15) is 26.4 Å². The summed E-state index contributed by atoms with van der Waals surface area (Å²) < 4.78 is 67.2. The minimum Gasteiger partial charge on any atom is -0.306 e. The van der Waals surface area contributed by atoms with Crippen molar-refractivity contribution in [2.75, 3.05) is 5.32 Å². The van der Waals surface area contributed by atoms with E-state index in [1.54, 1.807) is 18.6 Å². The maximum Gasteiger partial charge on any atom is 0.418 e. The summed E-state index contributed by atoms with van der Waals surface area (Å²) in [5, 5.41) is 5.40. The van der Waals surface area contributed by atoms with Crippen LogP contribution in [0.5, 0.6) is 0 Å². The van der Waals surface area contributed by atoms with E-state index < -0.39 is 38.5 Å². The van der Waals surface area contributed by atoms with Crippen molar-refractivity contribution in [2.45, 2.75) is 44.9 Å². The number of alkyl halides is 3. The number of rotatable bonds is 4. The lowest BCUT2D eigenvalue weighted by molar-refractivity contribution is -0.137. The van der Waals surface area contributed by atoms with Crippen molar-refractivity contribution in [3.63, 3.8) is 0 Å². The molecular formula is C16H19F3N4O3S. The Bertz CT molecular complexity index is 966. The molecule has 0 spiro atoms. The molecule has 2 N–H and O–H groups in total. The van der Waals surface area contributed by atoms with Crippen LogP contribution in [-0.2, 0) is 16.2 Å². The second-order valence-electron chi connectivity index (χ2n) is 6.29. The Morgan fingerprint density at radius 1 is 1.22 bits per heavy atom. The number of sulfonamides is 1. The Kier molecular flexibility index (Phi) is 5.55. The van der Waals surface area contributed by atoms with Crippen LogP contribution < -0.4 is 10.0 Å². The molecule has 1 aromatic heterocycles. The molecule has 2 rings (SSSR count). The average molecular weight is 404 g/mol. The molecule has 0 bridgehead atoms. The Morgan fingerprint density at radius 2 is 1.85 bits per heavy atom. The van der Waals surface area contributed by atoms with E-state index in [1.165, 1.54) is 36.9 Å². The number of anilines is 1. The summed E-state index contributed by atoms with van der Waals surface area (Å²) in [6.07, 6.45) is -3.29. The summed E-state index contributed by atoms with van der Waals surface area (Å²) in [6, 6.07) is 2.10. The highest BCUT2D eigenvalue weighted by molar-refractivity contribution is 7.90. The summed E-state index contributed by atoms with van der Waals surface area (Å²) in [5.41, 5.74) is -1.05. The van der Waals surface area contributed by atoms with Gasteiger partial charge in [-0.25, -0.2) is 9.52 Å². The van der Waals surface area contributed by atoms with Gasteiger partial charge in [-0.2, -0.15) is 26.7 Å². The number of urea groups is 1. The SMILES string of the molecule is Cc1cc(C)c(NC(=O)NS(=O)(=O)c2ccn(C(C)C)n2)c(C(F)(F)F)c1. The Hall–Kier alpha value is -2.56. The van der Waals surface area contributed by atoms with E-state index in [0.717, 1.165) is 6.07 Å². The van der Waals surface area contributed by atoms with Gasteiger partial charge in [0.25, 0.3) is 10.0 Å². The van der Waals surface area contributed by atoms with E-state index in [1.807, 2.05) is 5.32 Å². The molecule has 0 aliphatic carbocycles. The van der Waals surface area contributed by atoms with E-state index in [0.29, 0.717) is 5.56 Å². The Balaban J connectivity index is 2.28. The molecule has 0 atom stereocenters. The molecule has 2 aromatic rings. The predicted octanol–water partition coefficient (Wildman–Crippen LogP) is 3.61. The lowest BCUT2D eigenvalue weighted by atomic mass is 10.0. The maximum absolute atomic E-state index is 13.2. The molecule has 0 aliphatic rings. The summed E-state index contributed by atoms with van der Waals surface area (Å²) in [5.74, 6) is 0. The van der Waals surface area contributed by atoms with Crippen LogP contribution in [0, 0.1) is 13.8 Å². The molecule has 11 heteroatoms. The summed E-state index contributed by atoms with van der Waals surface area (Å²) in [4.78, 5) is 12.1. The van der Waals surface area contributed by atoms with Crippen LogP contribution >= 0.6 is 0 Å². The van der Waals surface area contributed by atoms with E-state index in [4.69, 9.17) is 0 Å². The molecule has 0 fully saturated rings. The molecule has 27 heavy (non-hydrogen) atoms. The number of halogens is 3. The van der Waals surface area contributed by atoms with Gasteiger partial charge in [-0.3, -0.25) is 4.68 Å². The number of aromatic nitrogens is 2. The molecule has 1 heterocycles. The third-order valence-electron chi connectivity index (χ3n) is 3.64. The molecule has 0 radical (unpaired) electrons. The van der Waals surface area contributed by atoms with Gasteiger partial charge < -0.3 is 5.32 Å². The number of carbonyl (C=O) groups is 1. The van der Waals surface area contributed by atoms with Crippen LogP contribution in [-0.4, -0.2) is 24.2 Å². The number of nitrogens with zero attached hydrogens (tertiary/aromatic N) is 2. The topological polar surface area (TPSA) is 93.1 Å². The fourth-order valence-electron chi connectivity index (χ4n) is 2.42. The fraction of sp³-hybridized carbons (Fsp3) is 0.375. The first-order chi connectivity index (χ1) is 12.3. The van der Waals surface area contributed by atoms with Crippen LogP contribution in [0.3, 0.4) is 0 Å². The Labute approximate surface area is 154 Å². The molecule has 0 unspecified atom stereocenters. The van der Waals surface area contributed by atoms with Gasteiger partial charge in [0.2, 0.25) is 0 Å². The first-order valence-electron chi connectivity index (χ1n) is 7.88. The van der Waals surface area contributed by atoms with Gasteiger partial charge in [0, 0.05) is 12.2 Å². The number of hydrogen-bond acceptors (Lipinski definition) is 4. The van der Waals surface area contributed by atoms with E-state index in [-0.39, 0.29) is 11.6 Å². The summed E-state index contributed by atoms with van der Waals surface area (Å²) in [6.45, 7) is 6.43. The lowest BCUT2D eigenvalue weighted by Crippen LogP contribution is -2.35. The zero-order valence-electron chi connectivity index (χ0n) is 15.0. The number of benzene rings is 1. The van der Waals surface area contributed by atoms with E-state index >= 15 is 0 Å². The smallest absolute Gasteiger partial charge is 0.306 e. The fourth-order valence-corrected chi connectivity index (χ4v) is 3.26. The van der Waals surface area contributed by atoms with Crippen molar-refractivity contribution >= 4 is 21.7 Å². The van der Waals surface area contributed by atoms with Crippen LogP contribution in [0.4, 0.5) is 23.7 Å². The number of amides is 2. The van der Waals surface area contributed by atoms with Gasteiger partial charge in [0.1, 0.15) is 0 Å².